The van der Waals surface area contributed by atoms with Gasteiger partial charge in [0.25, 0.3) is 0 Å². The number of hydrogen-bond donors (Lipinski definition) is 1. The van der Waals surface area contributed by atoms with Crippen molar-refractivity contribution in [3.05, 3.63) is 29.8 Å². The Morgan fingerprint density at radius 3 is 2.24 bits per heavy atom. The van der Waals surface area contributed by atoms with Crippen LogP contribution in [0.3, 0.4) is 0 Å². The molecule has 2 rings (SSSR count). The minimum absolute atomic E-state index is 0.193. The first kappa shape index (κ1) is 16.1. The van der Waals surface area contributed by atoms with Gasteiger partial charge < -0.3 is 10.2 Å². The second kappa shape index (κ2) is 6.69. The molecule has 1 aromatic rings. The molecule has 0 saturated carbocycles. The average Bonchev–Trinajstić information content (AvgIpc) is 2.47. The summed E-state index contributed by atoms with van der Waals surface area (Å²) in [5.74, 6) is -1.14. The van der Waals surface area contributed by atoms with Crippen molar-refractivity contribution in [2.24, 2.45) is 5.92 Å². The van der Waals surface area contributed by atoms with E-state index in [1.165, 1.54) is 5.56 Å². The number of halogens is 3. The lowest BCUT2D eigenvalue weighted by Crippen LogP contribution is -2.39. The topological polar surface area (TPSA) is 15.3 Å². The van der Waals surface area contributed by atoms with Crippen LogP contribution in [0.4, 0.5) is 18.9 Å². The van der Waals surface area contributed by atoms with Gasteiger partial charge >= 0.3 is 6.18 Å². The third-order valence-corrected chi connectivity index (χ3v) is 4.23. The van der Waals surface area contributed by atoms with Crippen LogP contribution >= 0.6 is 0 Å². The number of piperidine rings is 1. The number of anilines is 1. The van der Waals surface area contributed by atoms with Crippen molar-refractivity contribution in [3.63, 3.8) is 0 Å². The predicted molar refractivity (Wildman–Crippen MR) is 79.5 cm³/mol. The molecule has 2 nitrogen and oxygen atoms in total. The van der Waals surface area contributed by atoms with Gasteiger partial charge in [-0.1, -0.05) is 19.1 Å². The number of alkyl halides is 3. The van der Waals surface area contributed by atoms with Gasteiger partial charge in [0.1, 0.15) is 0 Å². The van der Waals surface area contributed by atoms with Crippen molar-refractivity contribution in [2.45, 2.75) is 38.9 Å². The third kappa shape index (κ3) is 4.13. The molecule has 0 aromatic heterocycles. The van der Waals surface area contributed by atoms with Crippen LogP contribution in [0.25, 0.3) is 0 Å². The molecule has 0 bridgehead atoms. The quantitative estimate of drug-likeness (QED) is 0.899. The molecule has 0 aliphatic carbocycles. The fourth-order valence-electron chi connectivity index (χ4n) is 2.86. The standard InChI is InChI=1S/C16H23F3N2/c1-3-20-12(2)13-4-6-15(7-5-13)21-10-8-14(9-11-21)16(17,18)19/h4-7,12,14,20H,3,8-11H2,1-2H3. The van der Waals surface area contributed by atoms with E-state index in [1.54, 1.807) is 0 Å². The van der Waals surface area contributed by atoms with Crippen molar-refractivity contribution < 1.29 is 13.2 Å². The van der Waals surface area contributed by atoms with Crippen molar-refractivity contribution in [1.29, 1.82) is 0 Å². The lowest BCUT2D eigenvalue weighted by atomic mass is 9.96. The second-order valence-electron chi connectivity index (χ2n) is 5.67. The minimum Gasteiger partial charge on any atom is -0.372 e. The number of rotatable bonds is 4. The van der Waals surface area contributed by atoms with Crippen molar-refractivity contribution >= 4 is 5.69 Å². The van der Waals surface area contributed by atoms with E-state index in [4.69, 9.17) is 0 Å². The van der Waals surface area contributed by atoms with E-state index in [0.717, 1.165) is 12.2 Å². The molecule has 1 aromatic carbocycles. The first-order chi connectivity index (χ1) is 9.91. The van der Waals surface area contributed by atoms with Gasteiger partial charge in [-0.2, -0.15) is 13.2 Å². The maximum atomic E-state index is 12.7. The maximum Gasteiger partial charge on any atom is 0.391 e. The summed E-state index contributed by atoms with van der Waals surface area (Å²) in [5, 5.41) is 3.34. The van der Waals surface area contributed by atoms with Gasteiger partial charge in [0.2, 0.25) is 0 Å². The molecular weight excluding hydrogens is 277 g/mol. The number of benzene rings is 1. The highest BCUT2D eigenvalue weighted by atomic mass is 19.4. The van der Waals surface area contributed by atoms with Crippen LogP contribution in [0.2, 0.25) is 0 Å². The third-order valence-electron chi connectivity index (χ3n) is 4.23. The van der Waals surface area contributed by atoms with Crippen molar-refractivity contribution in [1.82, 2.24) is 5.32 Å². The van der Waals surface area contributed by atoms with Gasteiger partial charge in [0, 0.05) is 24.8 Å². The Bertz CT molecular complexity index is 434. The molecule has 0 amide bonds. The summed E-state index contributed by atoms with van der Waals surface area (Å²) < 4.78 is 38.0. The van der Waals surface area contributed by atoms with Gasteiger partial charge in [0.15, 0.2) is 0 Å². The van der Waals surface area contributed by atoms with Crippen LogP contribution < -0.4 is 10.2 Å². The van der Waals surface area contributed by atoms with E-state index in [1.807, 2.05) is 17.0 Å². The van der Waals surface area contributed by atoms with Crippen LogP contribution in [0, 0.1) is 5.92 Å². The summed E-state index contributed by atoms with van der Waals surface area (Å²) in [6.07, 6.45) is -3.66. The first-order valence-electron chi connectivity index (χ1n) is 7.56. The number of nitrogens with one attached hydrogen (secondary N) is 1. The van der Waals surface area contributed by atoms with Crippen LogP contribution in [0.5, 0.6) is 0 Å². The predicted octanol–water partition coefficient (Wildman–Crippen LogP) is 4.14. The Kier molecular flexibility index (Phi) is 5.14. The highest BCUT2D eigenvalue weighted by Gasteiger charge is 2.41. The molecule has 5 heteroatoms. The molecule has 0 spiro atoms. The van der Waals surface area contributed by atoms with Crippen LogP contribution in [0.1, 0.15) is 38.3 Å². The smallest absolute Gasteiger partial charge is 0.372 e. The van der Waals surface area contributed by atoms with E-state index < -0.39 is 12.1 Å². The van der Waals surface area contributed by atoms with Crippen LogP contribution in [0.15, 0.2) is 24.3 Å². The fraction of sp³-hybridized carbons (Fsp3) is 0.625. The molecule has 1 N–H and O–H groups in total. The molecule has 1 atom stereocenters. The van der Waals surface area contributed by atoms with E-state index in [-0.39, 0.29) is 12.8 Å². The summed E-state index contributed by atoms with van der Waals surface area (Å²) in [7, 11) is 0. The Morgan fingerprint density at radius 1 is 1.19 bits per heavy atom. The SMILES string of the molecule is CCNC(C)c1ccc(N2CCC(C(F)(F)F)CC2)cc1. The molecule has 21 heavy (non-hydrogen) atoms. The van der Waals surface area contributed by atoms with Gasteiger partial charge in [-0.25, -0.2) is 0 Å². The summed E-state index contributed by atoms with van der Waals surface area (Å²) in [5.41, 5.74) is 2.22. The van der Waals surface area contributed by atoms with Gasteiger partial charge in [-0.15, -0.1) is 0 Å². The van der Waals surface area contributed by atoms with E-state index in [0.29, 0.717) is 19.1 Å². The van der Waals surface area contributed by atoms with E-state index >= 15 is 0 Å². The molecule has 1 aliphatic rings. The van der Waals surface area contributed by atoms with Crippen LogP contribution in [-0.4, -0.2) is 25.8 Å². The lowest BCUT2D eigenvalue weighted by Gasteiger charge is -2.34. The average molecular weight is 300 g/mol. The monoisotopic (exact) mass is 300 g/mol. The molecule has 1 fully saturated rings. The highest BCUT2D eigenvalue weighted by Crippen LogP contribution is 2.35. The summed E-state index contributed by atoms with van der Waals surface area (Å²) in [6.45, 7) is 6.04. The Morgan fingerprint density at radius 2 is 1.76 bits per heavy atom. The molecule has 1 heterocycles. The zero-order valence-electron chi connectivity index (χ0n) is 12.6. The molecular formula is C16H23F3N2. The van der Waals surface area contributed by atoms with Crippen molar-refractivity contribution in [3.8, 4) is 0 Å². The Labute approximate surface area is 124 Å². The van der Waals surface area contributed by atoms with E-state index in [2.05, 4.69) is 31.3 Å². The second-order valence-corrected chi connectivity index (χ2v) is 5.67. The van der Waals surface area contributed by atoms with Gasteiger partial charge in [0.05, 0.1) is 5.92 Å². The summed E-state index contributed by atoms with van der Waals surface area (Å²) >= 11 is 0. The molecule has 118 valence electrons. The maximum absolute atomic E-state index is 12.7. The molecule has 1 aliphatic heterocycles. The molecule has 1 unspecified atom stereocenters. The fourth-order valence-corrected chi connectivity index (χ4v) is 2.86. The Hall–Kier alpha value is -1.23. The van der Waals surface area contributed by atoms with Gasteiger partial charge in [-0.3, -0.25) is 0 Å². The van der Waals surface area contributed by atoms with Crippen LogP contribution in [-0.2, 0) is 0 Å². The van der Waals surface area contributed by atoms with E-state index in [9.17, 15) is 13.2 Å². The minimum atomic E-state index is -4.04. The van der Waals surface area contributed by atoms with Crippen molar-refractivity contribution in [2.75, 3.05) is 24.5 Å². The molecule has 0 radical (unpaired) electrons. The van der Waals surface area contributed by atoms with Gasteiger partial charge in [-0.05, 0) is 44.0 Å². The Balaban J connectivity index is 1.95. The summed E-state index contributed by atoms with van der Waals surface area (Å²) in [4.78, 5) is 2.05. The number of nitrogens with zero attached hydrogens (tertiary/aromatic N) is 1. The normalized spacial score (nSPS) is 18.8. The highest BCUT2D eigenvalue weighted by molar-refractivity contribution is 5.48. The zero-order valence-corrected chi connectivity index (χ0v) is 12.6. The number of hydrogen-bond acceptors (Lipinski definition) is 2. The first-order valence-corrected chi connectivity index (χ1v) is 7.56. The zero-order chi connectivity index (χ0) is 15.5. The lowest BCUT2D eigenvalue weighted by molar-refractivity contribution is -0.179. The molecule has 1 saturated heterocycles. The summed E-state index contributed by atoms with van der Waals surface area (Å²) in [6, 6.07) is 8.42. The largest absolute Gasteiger partial charge is 0.391 e.